The number of fused-ring (bicyclic) bond motifs is 4. The lowest BCUT2D eigenvalue weighted by Gasteiger charge is -2.26. The van der Waals surface area contributed by atoms with E-state index in [4.69, 9.17) is 0 Å². The average molecular weight is 497 g/mol. The van der Waals surface area contributed by atoms with Crippen LogP contribution in [-0.2, 0) is 0 Å². The molecule has 0 saturated carbocycles. The summed E-state index contributed by atoms with van der Waals surface area (Å²) in [6.45, 7) is 0. The monoisotopic (exact) mass is 496 g/mol. The summed E-state index contributed by atoms with van der Waals surface area (Å²) >= 11 is 0. The molecule has 7 aromatic rings. The minimum Gasteiger partial charge on any atom is -0.310 e. The van der Waals surface area contributed by atoms with Crippen molar-refractivity contribution in [3.05, 3.63) is 146 Å². The molecule has 1 aliphatic rings. The Morgan fingerprint density at radius 1 is 0.410 bits per heavy atom. The van der Waals surface area contributed by atoms with Gasteiger partial charge in [0.25, 0.3) is 0 Å². The van der Waals surface area contributed by atoms with Crippen molar-refractivity contribution in [2.45, 2.75) is 0 Å². The van der Waals surface area contributed by atoms with E-state index in [0.717, 1.165) is 28.0 Å². The van der Waals surface area contributed by atoms with Gasteiger partial charge in [-0.05, 0) is 80.6 Å². The van der Waals surface area contributed by atoms with E-state index in [-0.39, 0.29) is 0 Å². The summed E-state index contributed by atoms with van der Waals surface area (Å²) in [5.41, 5.74) is 12.1. The standard InChI is InChI=1S/C37H24N2/c1-2-9-26(10-3-1)39(36-23-24-38-35-16-7-6-13-34(35)36)27-19-17-25(18-20-27)28-21-22-33-30-12-5-4-11-29(30)32-15-8-14-31(28)37(32)33/h1-24H. The topological polar surface area (TPSA) is 16.1 Å². The molecule has 0 N–H and O–H groups in total. The van der Waals surface area contributed by atoms with Crippen molar-refractivity contribution in [2.24, 2.45) is 0 Å². The van der Waals surface area contributed by atoms with Gasteiger partial charge in [-0.25, -0.2) is 0 Å². The van der Waals surface area contributed by atoms with Gasteiger partial charge in [-0.15, -0.1) is 0 Å². The second-order valence-electron chi connectivity index (χ2n) is 10.00. The number of benzene rings is 6. The van der Waals surface area contributed by atoms with Crippen LogP contribution in [0.15, 0.2) is 146 Å². The van der Waals surface area contributed by atoms with E-state index in [1.807, 2.05) is 12.3 Å². The number of anilines is 3. The third-order valence-corrected chi connectivity index (χ3v) is 7.87. The molecule has 8 rings (SSSR count). The zero-order chi connectivity index (χ0) is 25.8. The molecule has 182 valence electrons. The highest BCUT2D eigenvalue weighted by molar-refractivity contribution is 6.18. The molecule has 0 spiro atoms. The van der Waals surface area contributed by atoms with Crippen molar-refractivity contribution in [3.63, 3.8) is 0 Å². The lowest BCUT2D eigenvalue weighted by atomic mass is 9.94. The van der Waals surface area contributed by atoms with Gasteiger partial charge in [-0.3, -0.25) is 4.98 Å². The van der Waals surface area contributed by atoms with E-state index in [1.54, 1.807) is 0 Å². The molecule has 1 aromatic heterocycles. The molecule has 0 atom stereocenters. The zero-order valence-electron chi connectivity index (χ0n) is 21.3. The lowest BCUT2D eigenvalue weighted by molar-refractivity contribution is 1.28. The third-order valence-electron chi connectivity index (χ3n) is 7.87. The molecule has 1 heterocycles. The van der Waals surface area contributed by atoms with Gasteiger partial charge in [0.1, 0.15) is 0 Å². The van der Waals surface area contributed by atoms with Crippen molar-refractivity contribution >= 4 is 38.7 Å². The van der Waals surface area contributed by atoms with Crippen molar-refractivity contribution in [3.8, 4) is 33.4 Å². The van der Waals surface area contributed by atoms with Crippen LogP contribution in [0.25, 0.3) is 55.1 Å². The highest BCUT2D eigenvalue weighted by atomic mass is 15.1. The summed E-state index contributed by atoms with van der Waals surface area (Å²) in [5, 5.41) is 3.78. The Kier molecular flexibility index (Phi) is 4.86. The zero-order valence-corrected chi connectivity index (χ0v) is 21.3. The summed E-state index contributed by atoms with van der Waals surface area (Å²) in [6.07, 6.45) is 1.90. The van der Waals surface area contributed by atoms with Gasteiger partial charge in [0.15, 0.2) is 0 Å². The van der Waals surface area contributed by atoms with E-state index in [1.165, 1.54) is 44.2 Å². The molecule has 0 radical (unpaired) electrons. The van der Waals surface area contributed by atoms with E-state index >= 15 is 0 Å². The molecule has 0 unspecified atom stereocenters. The van der Waals surface area contributed by atoms with Gasteiger partial charge in [-0.1, -0.05) is 103 Å². The third kappa shape index (κ3) is 3.39. The van der Waals surface area contributed by atoms with Crippen LogP contribution in [0.2, 0.25) is 0 Å². The summed E-state index contributed by atoms with van der Waals surface area (Å²) in [6, 6.07) is 50.0. The number of aromatic nitrogens is 1. The Hall–Kier alpha value is -5.21. The van der Waals surface area contributed by atoms with Crippen LogP contribution >= 0.6 is 0 Å². The normalized spacial score (nSPS) is 11.6. The molecule has 1 aliphatic carbocycles. The molecule has 2 nitrogen and oxygen atoms in total. The van der Waals surface area contributed by atoms with Crippen LogP contribution in [0.5, 0.6) is 0 Å². The van der Waals surface area contributed by atoms with Gasteiger partial charge in [-0.2, -0.15) is 0 Å². The first-order valence-corrected chi connectivity index (χ1v) is 13.3. The van der Waals surface area contributed by atoms with Crippen molar-refractivity contribution in [1.82, 2.24) is 4.98 Å². The highest BCUT2D eigenvalue weighted by Gasteiger charge is 2.22. The maximum absolute atomic E-state index is 4.60. The Morgan fingerprint density at radius 3 is 1.85 bits per heavy atom. The van der Waals surface area contributed by atoms with Gasteiger partial charge in [0.05, 0.1) is 11.2 Å². The molecular formula is C37H24N2. The van der Waals surface area contributed by atoms with Gasteiger partial charge in [0, 0.05) is 23.0 Å². The summed E-state index contributed by atoms with van der Waals surface area (Å²) < 4.78 is 0. The van der Waals surface area contributed by atoms with Crippen LogP contribution in [0.3, 0.4) is 0 Å². The first-order valence-electron chi connectivity index (χ1n) is 13.3. The van der Waals surface area contributed by atoms with Gasteiger partial charge < -0.3 is 4.90 Å². The number of rotatable bonds is 4. The average Bonchev–Trinajstić information content (AvgIpc) is 3.34. The first-order chi connectivity index (χ1) is 19.4. The van der Waals surface area contributed by atoms with E-state index < -0.39 is 0 Å². The Labute approximate surface area is 227 Å². The molecule has 0 fully saturated rings. The Bertz CT molecular complexity index is 1970. The van der Waals surface area contributed by atoms with Crippen LogP contribution in [0.1, 0.15) is 0 Å². The summed E-state index contributed by atoms with van der Waals surface area (Å²) in [7, 11) is 0. The number of hydrogen-bond acceptors (Lipinski definition) is 2. The quantitative estimate of drug-likeness (QED) is 0.241. The first kappa shape index (κ1) is 21.8. The predicted octanol–water partition coefficient (Wildman–Crippen LogP) is 10.2. The van der Waals surface area contributed by atoms with E-state index in [0.29, 0.717) is 0 Å². The second-order valence-corrected chi connectivity index (χ2v) is 10.00. The van der Waals surface area contributed by atoms with Crippen molar-refractivity contribution < 1.29 is 0 Å². The molecule has 6 aromatic carbocycles. The minimum absolute atomic E-state index is 0.987. The van der Waals surface area contributed by atoms with E-state index in [2.05, 4.69) is 143 Å². The van der Waals surface area contributed by atoms with Crippen molar-refractivity contribution in [1.29, 1.82) is 0 Å². The molecule has 0 saturated heterocycles. The second kappa shape index (κ2) is 8.68. The summed E-state index contributed by atoms with van der Waals surface area (Å²) in [5.74, 6) is 0. The Balaban J connectivity index is 1.27. The van der Waals surface area contributed by atoms with Crippen molar-refractivity contribution in [2.75, 3.05) is 4.90 Å². The largest absolute Gasteiger partial charge is 0.310 e. The fourth-order valence-corrected chi connectivity index (χ4v) is 6.13. The fourth-order valence-electron chi connectivity index (χ4n) is 6.13. The maximum Gasteiger partial charge on any atom is 0.0723 e. The Morgan fingerprint density at radius 2 is 1.03 bits per heavy atom. The molecule has 2 heteroatoms. The maximum atomic E-state index is 4.60. The van der Waals surface area contributed by atoms with Gasteiger partial charge in [0.2, 0.25) is 0 Å². The number of para-hydroxylation sites is 2. The SMILES string of the molecule is c1ccc(N(c2ccc(-c3ccc4c5c(cccc35)-c3ccccc3-4)cc2)c2ccnc3ccccc23)cc1. The number of pyridine rings is 1. The van der Waals surface area contributed by atoms with Crippen LogP contribution < -0.4 is 4.90 Å². The number of nitrogens with zero attached hydrogens (tertiary/aromatic N) is 2. The van der Waals surface area contributed by atoms with Gasteiger partial charge >= 0.3 is 0 Å². The van der Waals surface area contributed by atoms with Crippen LogP contribution in [-0.4, -0.2) is 4.98 Å². The number of hydrogen-bond donors (Lipinski definition) is 0. The molecular weight excluding hydrogens is 472 g/mol. The molecule has 0 amide bonds. The van der Waals surface area contributed by atoms with E-state index in [9.17, 15) is 0 Å². The predicted molar refractivity (Wildman–Crippen MR) is 164 cm³/mol. The smallest absolute Gasteiger partial charge is 0.0723 e. The van der Waals surface area contributed by atoms with Crippen LogP contribution in [0, 0.1) is 0 Å². The highest BCUT2D eigenvalue weighted by Crippen LogP contribution is 2.49. The molecule has 0 bridgehead atoms. The minimum atomic E-state index is 0.987. The summed E-state index contributed by atoms with van der Waals surface area (Å²) in [4.78, 5) is 6.92. The lowest BCUT2D eigenvalue weighted by Crippen LogP contribution is -2.10. The fraction of sp³-hybridized carbons (Fsp3) is 0. The molecule has 0 aliphatic heterocycles. The molecule has 39 heavy (non-hydrogen) atoms. The van der Waals surface area contributed by atoms with Crippen LogP contribution in [0.4, 0.5) is 17.1 Å².